The van der Waals surface area contributed by atoms with Gasteiger partial charge < -0.3 is 14.4 Å². The average molecular weight is 361 g/mol. The fourth-order valence-corrected chi connectivity index (χ4v) is 2.65. The first-order valence-electron chi connectivity index (χ1n) is 8.90. The molecule has 6 heteroatoms. The Morgan fingerprint density at radius 1 is 1.19 bits per heavy atom. The van der Waals surface area contributed by atoms with E-state index in [0.717, 1.165) is 25.2 Å². The minimum absolute atomic E-state index is 0.0642. The number of para-hydroxylation sites is 1. The number of hydrogen-bond acceptors (Lipinski definition) is 5. The number of rotatable bonds is 8. The maximum Gasteiger partial charge on any atom is 0.193 e. The highest BCUT2D eigenvalue weighted by molar-refractivity contribution is 6.03. The number of nitrogens with zero attached hydrogens (tertiary/aromatic N) is 3. The topological polar surface area (TPSA) is 46.4 Å². The van der Waals surface area contributed by atoms with Crippen LogP contribution in [0.2, 0.25) is 0 Å². The molecule has 1 aromatic rings. The maximum absolute atomic E-state index is 13.7. The molecule has 5 nitrogen and oxygen atoms in total. The molecule has 0 fully saturated rings. The van der Waals surface area contributed by atoms with Crippen molar-refractivity contribution < 1.29 is 13.9 Å². The molecule has 0 N–H and O–H groups in total. The summed E-state index contributed by atoms with van der Waals surface area (Å²) in [4.78, 5) is 10.8. The van der Waals surface area contributed by atoms with Gasteiger partial charge in [-0.15, -0.1) is 0 Å². The minimum atomic E-state index is -0.321. The fraction of sp³-hybridized carbons (Fsp3) is 0.500. The van der Waals surface area contributed by atoms with Crippen LogP contribution < -0.4 is 4.74 Å². The number of hydrogen-bond donors (Lipinski definition) is 0. The number of halogens is 1. The second kappa shape index (κ2) is 10.1. The first-order chi connectivity index (χ1) is 12.5. The van der Waals surface area contributed by atoms with E-state index in [2.05, 4.69) is 28.9 Å². The number of ether oxygens (including phenoxy) is 2. The van der Waals surface area contributed by atoms with Gasteiger partial charge in [0.15, 0.2) is 17.5 Å². The lowest BCUT2D eigenvalue weighted by molar-refractivity contribution is 0.141. The van der Waals surface area contributed by atoms with Gasteiger partial charge in [-0.05, 0) is 45.0 Å². The van der Waals surface area contributed by atoms with E-state index in [9.17, 15) is 4.39 Å². The third kappa shape index (κ3) is 6.26. The zero-order valence-electron chi connectivity index (χ0n) is 16.0. The third-order valence-corrected chi connectivity index (χ3v) is 4.50. The lowest BCUT2D eigenvalue weighted by atomic mass is 10.0. The first kappa shape index (κ1) is 20.1. The van der Waals surface area contributed by atoms with E-state index < -0.39 is 0 Å². The van der Waals surface area contributed by atoms with E-state index in [1.807, 2.05) is 6.92 Å². The average Bonchev–Trinajstić information content (AvgIpc) is 2.86. The molecule has 2 rings (SSSR count). The van der Waals surface area contributed by atoms with Crippen molar-refractivity contribution in [3.63, 3.8) is 0 Å². The van der Waals surface area contributed by atoms with Crippen molar-refractivity contribution >= 4 is 11.6 Å². The molecule has 0 bridgehead atoms. The SMILES string of the molecule is COC1=NC=CN=C(CN(C)CCC(C)C(C)Oc2ccccc2F)C1. The molecule has 0 radical (unpaired) electrons. The molecule has 0 spiro atoms. The van der Waals surface area contributed by atoms with Gasteiger partial charge in [0, 0.05) is 24.7 Å². The molecular formula is C20H28FN3O2. The Balaban J connectivity index is 1.78. The highest BCUT2D eigenvalue weighted by atomic mass is 19.1. The van der Waals surface area contributed by atoms with Gasteiger partial charge in [-0.2, -0.15) is 0 Å². The lowest BCUT2D eigenvalue weighted by Crippen LogP contribution is -2.31. The van der Waals surface area contributed by atoms with E-state index in [0.29, 0.717) is 24.0 Å². The summed E-state index contributed by atoms with van der Waals surface area (Å²) in [5, 5.41) is 0. The molecule has 1 heterocycles. The van der Waals surface area contributed by atoms with E-state index in [-0.39, 0.29) is 11.9 Å². The van der Waals surface area contributed by atoms with Crippen LogP contribution in [0.3, 0.4) is 0 Å². The van der Waals surface area contributed by atoms with Crippen molar-refractivity contribution in [3.8, 4) is 5.75 Å². The largest absolute Gasteiger partial charge is 0.487 e. The summed E-state index contributed by atoms with van der Waals surface area (Å²) >= 11 is 0. The normalized spacial score (nSPS) is 16.5. The first-order valence-corrected chi connectivity index (χ1v) is 8.90. The Kier molecular flexibility index (Phi) is 7.78. The molecule has 0 aromatic heterocycles. The molecule has 0 saturated heterocycles. The van der Waals surface area contributed by atoms with Crippen molar-refractivity contribution in [3.05, 3.63) is 42.5 Å². The minimum Gasteiger partial charge on any atom is -0.487 e. The van der Waals surface area contributed by atoms with Crippen molar-refractivity contribution in [2.75, 3.05) is 27.2 Å². The number of methoxy groups -OCH3 is 1. The molecule has 0 aliphatic carbocycles. The fourth-order valence-electron chi connectivity index (χ4n) is 2.65. The highest BCUT2D eigenvalue weighted by Gasteiger charge is 2.17. The van der Waals surface area contributed by atoms with Gasteiger partial charge in [0.05, 0.1) is 19.6 Å². The van der Waals surface area contributed by atoms with Crippen LogP contribution in [-0.4, -0.2) is 49.9 Å². The molecule has 142 valence electrons. The summed E-state index contributed by atoms with van der Waals surface area (Å²) in [6.07, 6.45) is 4.85. The van der Waals surface area contributed by atoms with Gasteiger partial charge in [0.1, 0.15) is 0 Å². The predicted molar refractivity (Wildman–Crippen MR) is 103 cm³/mol. The summed E-state index contributed by atoms with van der Waals surface area (Å²) in [5.74, 6) is 0.959. The van der Waals surface area contributed by atoms with E-state index in [1.165, 1.54) is 6.07 Å². The highest BCUT2D eigenvalue weighted by Crippen LogP contribution is 2.21. The zero-order chi connectivity index (χ0) is 18.9. The Labute approximate surface area is 155 Å². The Morgan fingerprint density at radius 2 is 1.92 bits per heavy atom. The molecule has 1 aliphatic rings. The van der Waals surface area contributed by atoms with Gasteiger partial charge >= 0.3 is 0 Å². The summed E-state index contributed by atoms with van der Waals surface area (Å²) in [7, 11) is 3.69. The predicted octanol–water partition coefficient (Wildman–Crippen LogP) is 3.91. The summed E-state index contributed by atoms with van der Waals surface area (Å²) in [5.41, 5.74) is 1.02. The molecule has 26 heavy (non-hydrogen) atoms. The molecule has 0 saturated carbocycles. The molecule has 1 aliphatic heterocycles. The Hall–Kier alpha value is -2.21. The van der Waals surface area contributed by atoms with Crippen LogP contribution >= 0.6 is 0 Å². The van der Waals surface area contributed by atoms with E-state index in [4.69, 9.17) is 9.47 Å². The zero-order valence-corrected chi connectivity index (χ0v) is 16.0. The number of aliphatic imine (C=N–C) groups is 2. The molecular weight excluding hydrogens is 333 g/mol. The lowest BCUT2D eigenvalue weighted by Gasteiger charge is -2.24. The van der Waals surface area contributed by atoms with E-state index in [1.54, 1.807) is 37.7 Å². The van der Waals surface area contributed by atoms with Crippen LogP contribution in [0.25, 0.3) is 0 Å². The van der Waals surface area contributed by atoms with E-state index >= 15 is 0 Å². The summed E-state index contributed by atoms with van der Waals surface area (Å²) in [6.45, 7) is 5.76. The maximum atomic E-state index is 13.7. The third-order valence-electron chi connectivity index (χ3n) is 4.50. The molecule has 2 unspecified atom stereocenters. The van der Waals surface area contributed by atoms with Gasteiger partial charge in [0.2, 0.25) is 0 Å². The van der Waals surface area contributed by atoms with Crippen molar-refractivity contribution in [2.24, 2.45) is 15.9 Å². The molecule has 1 aromatic carbocycles. The quantitative estimate of drug-likeness (QED) is 0.705. The van der Waals surface area contributed by atoms with Crippen LogP contribution in [0.1, 0.15) is 26.7 Å². The summed E-state index contributed by atoms with van der Waals surface area (Å²) in [6, 6.07) is 6.52. The van der Waals surface area contributed by atoms with Crippen molar-refractivity contribution in [1.82, 2.24) is 4.90 Å². The van der Waals surface area contributed by atoms with Crippen LogP contribution in [0, 0.1) is 11.7 Å². The second-order valence-corrected chi connectivity index (χ2v) is 6.65. The van der Waals surface area contributed by atoms with Crippen molar-refractivity contribution in [2.45, 2.75) is 32.8 Å². The monoisotopic (exact) mass is 361 g/mol. The standard InChI is InChI=1S/C20H28FN3O2/c1-15(16(2)26-19-8-6-5-7-18(19)21)9-12-24(3)14-17-13-20(25-4)23-11-10-22-17/h5-8,10-11,15-16H,9,12-14H2,1-4H3. The summed E-state index contributed by atoms with van der Waals surface area (Å²) < 4.78 is 24.7. The van der Waals surface area contributed by atoms with Gasteiger partial charge in [0.25, 0.3) is 0 Å². The Bertz CT molecular complexity index is 673. The van der Waals surface area contributed by atoms with Gasteiger partial charge in [-0.3, -0.25) is 4.99 Å². The second-order valence-electron chi connectivity index (χ2n) is 6.65. The van der Waals surface area contributed by atoms with Crippen LogP contribution in [0.5, 0.6) is 5.75 Å². The van der Waals surface area contributed by atoms with Gasteiger partial charge in [-0.25, -0.2) is 9.38 Å². The van der Waals surface area contributed by atoms with Crippen LogP contribution in [0.4, 0.5) is 4.39 Å². The van der Waals surface area contributed by atoms with Crippen LogP contribution in [0.15, 0.2) is 46.7 Å². The number of benzene rings is 1. The molecule has 0 amide bonds. The Morgan fingerprint density at radius 3 is 2.65 bits per heavy atom. The van der Waals surface area contributed by atoms with Gasteiger partial charge in [-0.1, -0.05) is 19.1 Å². The smallest absolute Gasteiger partial charge is 0.193 e. The van der Waals surface area contributed by atoms with Crippen LogP contribution in [-0.2, 0) is 4.74 Å². The van der Waals surface area contributed by atoms with Crippen molar-refractivity contribution in [1.29, 1.82) is 0 Å². The molecule has 2 atom stereocenters.